The van der Waals surface area contributed by atoms with Crippen molar-refractivity contribution in [2.75, 3.05) is 0 Å². The summed E-state index contributed by atoms with van der Waals surface area (Å²) in [4.78, 5) is 23.1. The van der Waals surface area contributed by atoms with Gasteiger partial charge in [-0.2, -0.15) is 5.26 Å². The second-order valence-electron chi connectivity index (χ2n) is 5.99. The van der Waals surface area contributed by atoms with Crippen LogP contribution in [-0.4, -0.2) is 28.8 Å². The lowest BCUT2D eigenvalue weighted by Gasteiger charge is -2.22. The predicted octanol–water partition coefficient (Wildman–Crippen LogP) is 2.39. The molecule has 0 aliphatic carbocycles. The minimum Gasteiger partial charge on any atom is -0.480 e. The number of carbonyl (C=O) groups is 2. The Morgan fingerprint density at radius 2 is 2.05 bits per heavy atom. The van der Waals surface area contributed by atoms with E-state index >= 15 is 0 Å². The maximum absolute atomic E-state index is 11.7. The van der Waals surface area contributed by atoms with Gasteiger partial charge in [-0.1, -0.05) is 6.07 Å². The molecule has 1 atom stereocenters. The second-order valence-corrected chi connectivity index (χ2v) is 5.99. The molecule has 0 saturated carbocycles. The summed E-state index contributed by atoms with van der Waals surface area (Å²) in [5.74, 6) is -1.16. The van der Waals surface area contributed by atoms with Crippen molar-refractivity contribution < 1.29 is 19.4 Å². The molecule has 0 unspecified atom stereocenters. The van der Waals surface area contributed by atoms with Crippen molar-refractivity contribution >= 4 is 12.1 Å². The SMILES string of the molecule is Cc1ccc(C#N)cc1C[C@@H](NC(=O)OC(C)(C)C)C(=O)O. The molecule has 2 N–H and O–H groups in total. The molecule has 0 aromatic heterocycles. The summed E-state index contributed by atoms with van der Waals surface area (Å²) in [6, 6.07) is 5.93. The van der Waals surface area contributed by atoms with Crippen LogP contribution in [0.4, 0.5) is 4.79 Å². The van der Waals surface area contributed by atoms with E-state index in [1.165, 1.54) is 0 Å². The van der Waals surface area contributed by atoms with Crippen molar-refractivity contribution in [3.63, 3.8) is 0 Å². The first-order valence-electron chi connectivity index (χ1n) is 6.84. The fourth-order valence-electron chi connectivity index (χ4n) is 1.83. The molecule has 22 heavy (non-hydrogen) atoms. The Bertz CT molecular complexity index is 612. The number of benzene rings is 1. The highest BCUT2D eigenvalue weighted by Gasteiger charge is 2.24. The normalized spacial score (nSPS) is 12.1. The monoisotopic (exact) mass is 304 g/mol. The summed E-state index contributed by atoms with van der Waals surface area (Å²) in [5, 5.41) is 20.5. The molecule has 0 bridgehead atoms. The van der Waals surface area contributed by atoms with Gasteiger partial charge in [0.25, 0.3) is 0 Å². The zero-order valence-corrected chi connectivity index (χ0v) is 13.1. The number of rotatable bonds is 4. The molecule has 0 aliphatic rings. The Kier molecular flexibility index (Phi) is 5.52. The number of nitrogens with one attached hydrogen (secondary N) is 1. The van der Waals surface area contributed by atoms with Gasteiger partial charge in [-0.05, 0) is 51.0 Å². The van der Waals surface area contributed by atoms with Gasteiger partial charge in [-0.25, -0.2) is 9.59 Å². The number of alkyl carbamates (subject to hydrolysis) is 1. The second kappa shape index (κ2) is 6.94. The van der Waals surface area contributed by atoms with E-state index in [4.69, 9.17) is 10.00 Å². The molecular weight excluding hydrogens is 284 g/mol. The van der Waals surface area contributed by atoms with E-state index in [-0.39, 0.29) is 6.42 Å². The molecule has 0 fully saturated rings. The first-order chi connectivity index (χ1) is 10.1. The van der Waals surface area contributed by atoms with Gasteiger partial charge in [0.15, 0.2) is 0 Å². The number of aliphatic carboxylic acids is 1. The van der Waals surface area contributed by atoms with Crippen molar-refractivity contribution in [2.24, 2.45) is 0 Å². The van der Waals surface area contributed by atoms with Gasteiger partial charge in [-0.3, -0.25) is 0 Å². The first-order valence-corrected chi connectivity index (χ1v) is 6.84. The maximum atomic E-state index is 11.7. The van der Waals surface area contributed by atoms with Crippen LogP contribution < -0.4 is 5.32 Å². The number of aryl methyl sites for hydroxylation is 1. The van der Waals surface area contributed by atoms with E-state index < -0.39 is 23.7 Å². The van der Waals surface area contributed by atoms with Crippen molar-refractivity contribution in [3.05, 3.63) is 34.9 Å². The first kappa shape index (κ1) is 17.5. The molecule has 6 heteroatoms. The number of carboxylic acid groups (broad SMARTS) is 1. The standard InChI is InChI=1S/C16H20N2O4/c1-10-5-6-11(9-17)7-12(10)8-13(14(19)20)18-15(21)22-16(2,3)4/h5-7,13H,8H2,1-4H3,(H,18,21)(H,19,20)/t13-/m1/s1. The Morgan fingerprint density at radius 3 is 2.55 bits per heavy atom. The maximum Gasteiger partial charge on any atom is 0.408 e. The number of carbonyl (C=O) groups excluding carboxylic acids is 1. The summed E-state index contributed by atoms with van der Waals surface area (Å²) in [6.07, 6.45) is -0.704. The molecule has 1 aromatic rings. The van der Waals surface area contributed by atoms with E-state index in [0.717, 1.165) is 5.56 Å². The molecular formula is C16H20N2O4. The van der Waals surface area contributed by atoms with Crippen LogP contribution in [0.2, 0.25) is 0 Å². The number of ether oxygens (including phenoxy) is 1. The third-order valence-corrected chi connectivity index (χ3v) is 2.89. The fraction of sp³-hybridized carbons (Fsp3) is 0.438. The van der Waals surface area contributed by atoms with Gasteiger partial charge in [0.2, 0.25) is 0 Å². The number of nitriles is 1. The lowest BCUT2D eigenvalue weighted by molar-refractivity contribution is -0.139. The number of hydrogen-bond acceptors (Lipinski definition) is 4. The number of carboxylic acids is 1. The molecule has 1 aromatic carbocycles. The van der Waals surface area contributed by atoms with Gasteiger partial charge in [0, 0.05) is 6.42 Å². The average Bonchev–Trinajstić information content (AvgIpc) is 2.38. The Balaban J connectivity index is 2.88. The highest BCUT2D eigenvalue weighted by molar-refractivity contribution is 5.80. The van der Waals surface area contributed by atoms with Crippen LogP contribution in [0.5, 0.6) is 0 Å². The number of amides is 1. The largest absolute Gasteiger partial charge is 0.480 e. The van der Waals surface area contributed by atoms with Gasteiger partial charge >= 0.3 is 12.1 Å². The Morgan fingerprint density at radius 1 is 1.41 bits per heavy atom. The van der Waals surface area contributed by atoms with Gasteiger partial charge < -0.3 is 15.2 Å². The smallest absolute Gasteiger partial charge is 0.408 e. The van der Waals surface area contributed by atoms with Crippen molar-refractivity contribution in [1.82, 2.24) is 5.32 Å². The molecule has 0 saturated heterocycles. The van der Waals surface area contributed by atoms with Crippen LogP contribution in [0.25, 0.3) is 0 Å². The summed E-state index contributed by atoms with van der Waals surface area (Å²) < 4.78 is 5.07. The minimum atomic E-state index is -1.16. The van der Waals surface area contributed by atoms with Crippen LogP contribution in [0.3, 0.4) is 0 Å². The molecule has 6 nitrogen and oxygen atoms in total. The van der Waals surface area contributed by atoms with E-state index in [1.54, 1.807) is 39.0 Å². The van der Waals surface area contributed by atoms with Crippen molar-refractivity contribution in [1.29, 1.82) is 5.26 Å². The molecule has 0 heterocycles. The number of hydrogen-bond donors (Lipinski definition) is 2. The molecule has 1 rings (SSSR count). The van der Waals surface area contributed by atoms with E-state index in [9.17, 15) is 14.7 Å². The van der Waals surface area contributed by atoms with Gasteiger partial charge in [0.05, 0.1) is 11.6 Å². The van der Waals surface area contributed by atoms with Gasteiger partial charge in [-0.15, -0.1) is 0 Å². The van der Waals surface area contributed by atoms with E-state index in [0.29, 0.717) is 11.1 Å². The molecule has 0 radical (unpaired) electrons. The summed E-state index contributed by atoms with van der Waals surface area (Å²) in [5.41, 5.74) is 1.30. The highest BCUT2D eigenvalue weighted by Crippen LogP contribution is 2.14. The minimum absolute atomic E-state index is 0.0793. The van der Waals surface area contributed by atoms with Crippen LogP contribution in [0.1, 0.15) is 37.5 Å². The Labute approximate surface area is 129 Å². The van der Waals surface area contributed by atoms with Crippen molar-refractivity contribution in [2.45, 2.75) is 45.8 Å². The summed E-state index contributed by atoms with van der Waals surface area (Å²) >= 11 is 0. The third-order valence-electron chi connectivity index (χ3n) is 2.89. The van der Waals surface area contributed by atoms with Crippen LogP contribution in [-0.2, 0) is 16.0 Å². The summed E-state index contributed by atoms with van der Waals surface area (Å²) in [6.45, 7) is 6.91. The quantitative estimate of drug-likeness (QED) is 0.889. The van der Waals surface area contributed by atoms with E-state index in [2.05, 4.69) is 5.32 Å². The van der Waals surface area contributed by atoms with Crippen LogP contribution in [0, 0.1) is 18.3 Å². The molecule has 1 amide bonds. The Hall–Kier alpha value is -2.55. The number of nitrogens with zero attached hydrogens (tertiary/aromatic N) is 1. The van der Waals surface area contributed by atoms with Gasteiger partial charge in [0.1, 0.15) is 11.6 Å². The van der Waals surface area contributed by atoms with E-state index in [1.807, 2.05) is 13.0 Å². The lowest BCUT2D eigenvalue weighted by atomic mass is 9.99. The zero-order valence-electron chi connectivity index (χ0n) is 13.1. The van der Waals surface area contributed by atoms with Crippen molar-refractivity contribution in [3.8, 4) is 6.07 Å². The molecule has 118 valence electrons. The topological polar surface area (TPSA) is 99.4 Å². The molecule has 0 spiro atoms. The van der Waals surface area contributed by atoms with Crippen LogP contribution >= 0.6 is 0 Å². The third kappa shape index (κ3) is 5.44. The molecule has 0 aliphatic heterocycles. The average molecular weight is 304 g/mol. The lowest BCUT2D eigenvalue weighted by Crippen LogP contribution is -2.44. The van der Waals surface area contributed by atoms with Crippen LogP contribution in [0.15, 0.2) is 18.2 Å². The zero-order chi connectivity index (χ0) is 16.9. The predicted molar refractivity (Wildman–Crippen MR) is 80.4 cm³/mol. The summed E-state index contributed by atoms with van der Waals surface area (Å²) in [7, 11) is 0. The highest BCUT2D eigenvalue weighted by atomic mass is 16.6. The fourth-order valence-corrected chi connectivity index (χ4v) is 1.83.